The maximum absolute atomic E-state index is 15.0. The Morgan fingerprint density at radius 2 is 2.03 bits per heavy atom. The molecule has 4 aromatic rings. The summed E-state index contributed by atoms with van der Waals surface area (Å²) in [6, 6.07) is 11.6. The molecule has 1 aliphatic rings. The third-order valence-electron chi connectivity index (χ3n) is 5.41. The summed E-state index contributed by atoms with van der Waals surface area (Å²) in [6.07, 6.45) is 4.77. The smallest absolute Gasteiger partial charge is 0.260 e. The summed E-state index contributed by atoms with van der Waals surface area (Å²) >= 11 is 0. The number of pyridine rings is 2. The Morgan fingerprint density at radius 1 is 1.12 bits per heavy atom. The van der Waals surface area contributed by atoms with E-state index in [4.69, 9.17) is 4.74 Å². The van der Waals surface area contributed by atoms with E-state index in [1.165, 1.54) is 12.1 Å². The fourth-order valence-corrected chi connectivity index (χ4v) is 3.78. The standard InChI is InChI=1S/C24H21FN6O2/c1-15-11-16(7-8-26-15)17-12-18-21(13-19(17)25)33-10-3-2-9-31-14-27-30-23(31)20-5-4-6-22(28-20)29-24(18)32/h4-8,11-14H,2-3,9-10H2,1H3,(H,28,29,32). The number of halogens is 1. The third-order valence-corrected chi connectivity index (χ3v) is 5.41. The van der Waals surface area contributed by atoms with Crippen LogP contribution in [0.25, 0.3) is 22.6 Å². The number of nitrogens with one attached hydrogen (secondary N) is 1. The molecule has 1 aromatic carbocycles. The van der Waals surface area contributed by atoms with Gasteiger partial charge in [-0.3, -0.25) is 9.78 Å². The molecule has 0 saturated carbocycles. The van der Waals surface area contributed by atoms with Gasteiger partial charge in [-0.25, -0.2) is 9.37 Å². The number of carbonyl (C=O) groups excluding carboxylic acids is 1. The van der Waals surface area contributed by atoms with Crippen LogP contribution in [-0.2, 0) is 6.54 Å². The molecule has 0 aliphatic carbocycles. The lowest BCUT2D eigenvalue weighted by Gasteiger charge is -2.16. The minimum atomic E-state index is -0.470. The van der Waals surface area contributed by atoms with Gasteiger partial charge in [0, 0.05) is 30.1 Å². The maximum atomic E-state index is 15.0. The molecule has 0 fully saturated rings. The molecule has 0 saturated heterocycles. The van der Waals surface area contributed by atoms with E-state index < -0.39 is 11.7 Å². The number of hydrogen-bond donors (Lipinski definition) is 1. The average molecular weight is 444 g/mol. The van der Waals surface area contributed by atoms with Gasteiger partial charge in [0.2, 0.25) is 0 Å². The van der Waals surface area contributed by atoms with Crippen molar-refractivity contribution in [2.45, 2.75) is 26.3 Å². The Bertz CT molecular complexity index is 1340. The highest BCUT2D eigenvalue weighted by molar-refractivity contribution is 6.06. The summed E-state index contributed by atoms with van der Waals surface area (Å²) in [7, 11) is 0. The molecule has 0 radical (unpaired) electrons. The van der Waals surface area contributed by atoms with Crippen molar-refractivity contribution in [3.05, 3.63) is 72.1 Å². The zero-order chi connectivity index (χ0) is 22.8. The van der Waals surface area contributed by atoms with E-state index in [1.807, 2.05) is 17.6 Å². The molecule has 1 N–H and O–H groups in total. The van der Waals surface area contributed by atoms with Crippen molar-refractivity contribution in [3.63, 3.8) is 0 Å². The van der Waals surface area contributed by atoms with Gasteiger partial charge in [0.05, 0.1) is 12.2 Å². The normalized spacial score (nSPS) is 13.8. The number of carbonyl (C=O) groups is 1. The van der Waals surface area contributed by atoms with Gasteiger partial charge in [0.15, 0.2) is 5.82 Å². The molecule has 0 spiro atoms. The van der Waals surface area contributed by atoms with Crippen LogP contribution in [0, 0.1) is 12.7 Å². The second-order valence-corrected chi connectivity index (χ2v) is 7.78. The molecule has 0 atom stereocenters. The monoisotopic (exact) mass is 444 g/mol. The van der Waals surface area contributed by atoms with Crippen molar-refractivity contribution < 1.29 is 13.9 Å². The molecular formula is C24H21FN6O2. The molecule has 3 aromatic heterocycles. The minimum Gasteiger partial charge on any atom is -0.493 e. The van der Waals surface area contributed by atoms with E-state index in [0.717, 1.165) is 12.1 Å². The maximum Gasteiger partial charge on any atom is 0.260 e. The van der Waals surface area contributed by atoms with Crippen molar-refractivity contribution in [1.29, 1.82) is 0 Å². The number of aryl methyl sites for hydroxylation is 2. The minimum absolute atomic E-state index is 0.192. The summed E-state index contributed by atoms with van der Waals surface area (Å²) in [5, 5.41) is 11.0. The van der Waals surface area contributed by atoms with Crippen LogP contribution >= 0.6 is 0 Å². The number of nitrogens with zero attached hydrogens (tertiary/aromatic N) is 5. The summed E-state index contributed by atoms with van der Waals surface area (Å²) in [5.74, 6) is 0.253. The van der Waals surface area contributed by atoms with Gasteiger partial charge in [-0.2, -0.15) is 0 Å². The van der Waals surface area contributed by atoms with Gasteiger partial charge < -0.3 is 14.6 Å². The SMILES string of the molecule is Cc1cc(-c2cc3c(cc2F)OCCCCn2cnnc2-c2cccc(n2)NC3=O)ccn1. The van der Waals surface area contributed by atoms with E-state index in [0.29, 0.717) is 48.0 Å². The molecule has 8 nitrogen and oxygen atoms in total. The summed E-state index contributed by atoms with van der Waals surface area (Å²) < 4.78 is 22.8. The number of aromatic nitrogens is 5. The number of amides is 1. The van der Waals surface area contributed by atoms with Gasteiger partial charge in [-0.15, -0.1) is 10.2 Å². The van der Waals surface area contributed by atoms with Crippen LogP contribution in [0.3, 0.4) is 0 Å². The van der Waals surface area contributed by atoms with Gasteiger partial charge in [0.25, 0.3) is 5.91 Å². The molecule has 2 bridgehead atoms. The Labute approximate surface area is 189 Å². The first-order chi connectivity index (χ1) is 16.1. The number of hydrogen-bond acceptors (Lipinski definition) is 6. The van der Waals surface area contributed by atoms with E-state index >= 15 is 4.39 Å². The first-order valence-electron chi connectivity index (χ1n) is 10.6. The molecule has 166 valence electrons. The van der Waals surface area contributed by atoms with Crippen LogP contribution < -0.4 is 10.1 Å². The van der Waals surface area contributed by atoms with Crippen molar-refractivity contribution >= 4 is 11.7 Å². The molecule has 1 aliphatic heterocycles. The van der Waals surface area contributed by atoms with Crippen LogP contribution in [0.4, 0.5) is 10.2 Å². The zero-order valence-electron chi connectivity index (χ0n) is 18.0. The summed E-state index contributed by atoms with van der Waals surface area (Å²) in [5.41, 5.74) is 2.52. The van der Waals surface area contributed by atoms with Gasteiger partial charge in [0.1, 0.15) is 29.4 Å². The second kappa shape index (κ2) is 8.78. The van der Waals surface area contributed by atoms with Crippen LogP contribution in [0.5, 0.6) is 5.75 Å². The highest BCUT2D eigenvalue weighted by atomic mass is 19.1. The highest BCUT2D eigenvalue weighted by Gasteiger charge is 2.20. The third kappa shape index (κ3) is 4.30. The second-order valence-electron chi connectivity index (χ2n) is 7.78. The fourth-order valence-electron chi connectivity index (χ4n) is 3.78. The Hall–Kier alpha value is -4.14. The zero-order valence-corrected chi connectivity index (χ0v) is 18.0. The van der Waals surface area contributed by atoms with E-state index in [1.54, 1.807) is 36.8 Å². The predicted molar refractivity (Wildman–Crippen MR) is 120 cm³/mol. The number of ether oxygens (including phenoxy) is 1. The first-order valence-corrected chi connectivity index (χ1v) is 10.6. The first kappa shape index (κ1) is 20.7. The number of rotatable bonds is 1. The summed E-state index contributed by atoms with van der Waals surface area (Å²) in [6.45, 7) is 2.86. The average Bonchev–Trinajstić information content (AvgIpc) is 3.27. The van der Waals surface area contributed by atoms with Crippen LogP contribution in [0.15, 0.2) is 55.0 Å². The van der Waals surface area contributed by atoms with E-state index in [9.17, 15) is 4.79 Å². The van der Waals surface area contributed by atoms with Crippen LogP contribution in [0.1, 0.15) is 28.9 Å². The number of fused-ring (bicyclic) bond motifs is 5. The lowest BCUT2D eigenvalue weighted by atomic mass is 10.0. The molecule has 33 heavy (non-hydrogen) atoms. The topological polar surface area (TPSA) is 94.8 Å². The van der Waals surface area contributed by atoms with Crippen molar-refractivity contribution in [2.24, 2.45) is 0 Å². The lowest BCUT2D eigenvalue weighted by Crippen LogP contribution is -2.16. The quantitative estimate of drug-likeness (QED) is 0.471. The molecule has 5 rings (SSSR count). The molecule has 9 heteroatoms. The Balaban J connectivity index is 1.57. The molecule has 0 unspecified atom stereocenters. The molecule has 1 amide bonds. The van der Waals surface area contributed by atoms with Gasteiger partial charge >= 0.3 is 0 Å². The van der Waals surface area contributed by atoms with Crippen LogP contribution in [-0.4, -0.2) is 37.2 Å². The Kier molecular flexibility index (Phi) is 5.52. The summed E-state index contributed by atoms with van der Waals surface area (Å²) in [4.78, 5) is 21.9. The highest BCUT2D eigenvalue weighted by Crippen LogP contribution is 2.31. The fraction of sp³-hybridized carbons (Fsp3) is 0.208. The van der Waals surface area contributed by atoms with Crippen molar-refractivity contribution in [3.8, 4) is 28.4 Å². The van der Waals surface area contributed by atoms with Gasteiger partial charge in [-0.05, 0) is 55.7 Å². The Morgan fingerprint density at radius 3 is 2.91 bits per heavy atom. The van der Waals surface area contributed by atoms with E-state index in [-0.39, 0.29) is 11.3 Å². The lowest BCUT2D eigenvalue weighted by molar-refractivity contribution is 0.102. The van der Waals surface area contributed by atoms with Crippen LogP contribution in [0.2, 0.25) is 0 Å². The van der Waals surface area contributed by atoms with Crippen molar-refractivity contribution in [2.75, 3.05) is 11.9 Å². The molecular weight excluding hydrogens is 423 g/mol. The van der Waals surface area contributed by atoms with Gasteiger partial charge in [-0.1, -0.05) is 6.07 Å². The van der Waals surface area contributed by atoms with E-state index in [2.05, 4.69) is 25.5 Å². The number of benzene rings is 1. The molecule has 4 heterocycles. The number of anilines is 1. The largest absolute Gasteiger partial charge is 0.493 e. The van der Waals surface area contributed by atoms with Crippen molar-refractivity contribution in [1.82, 2.24) is 24.7 Å². The predicted octanol–water partition coefficient (Wildman–Crippen LogP) is 4.27.